The maximum Gasteiger partial charge on any atom is 0.266 e. The van der Waals surface area contributed by atoms with Gasteiger partial charge in [0.2, 0.25) is 0 Å². The molecule has 1 aliphatic rings. The standard InChI is InChI=1S/C16H18N2O4S/c1-10-15(23-11(2)17-10)16(20)18-5-7-21-9-12(18)8-13(19)14-4-3-6-22-14/h3-4,6,12H,5,7-9H2,1-2H3/t12-/m0/s1. The summed E-state index contributed by atoms with van der Waals surface area (Å²) in [5, 5.41) is 0.863. The number of amides is 1. The number of nitrogens with zero attached hydrogens (tertiary/aromatic N) is 2. The van der Waals surface area contributed by atoms with Crippen LogP contribution in [0.15, 0.2) is 22.8 Å². The van der Waals surface area contributed by atoms with E-state index >= 15 is 0 Å². The SMILES string of the molecule is Cc1nc(C)c(C(=O)N2CCOC[C@@H]2CC(=O)c2ccco2)s1. The van der Waals surface area contributed by atoms with Crippen molar-refractivity contribution in [2.24, 2.45) is 0 Å². The summed E-state index contributed by atoms with van der Waals surface area (Å²) in [7, 11) is 0. The third-order valence-corrected chi connectivity index (χ3v) is 4.86. The summed E-state index contributed by atoms with van der Waals surface area (Å²) in [6.45, 7) is 5.03. The zero-order valence-electron chi connectivity index (χ0n) is 13.1. The molecule has 0 saturated carbocycles. The third kappa shape index (κ3) is 3.35. The van der Waals surface area contributed by atoms with Crippen LogP contribution in [0.3, 0.4) is 0 Å². The van der Waals surface area contributed by atoms with Crippen LogP contribution in [0, 0.1) is 13.8 Å². The number of furan rings is 1. The van der Waals surface area contributed by atoms with Crippen LogP contribution in [0.25, 0.3) is 0 Å². The number of morpholine rings is 1. The van der Waals surface area contributed by atoms with Crippen LogP contribution in [-0.4, -0.2) is 47.4 Å². The van der Waals surface area contributed by atoms with Gasteiger partial charge in [0.05, 0.1) is 36.2 Å². The van der Waals surface area contributed by atoms with Gasteiger partial charge >= 0.3 is 0 Å². The lowest BCUT2D eigenvalue weighted by Gasteiger charge is -2.35. The summed E-state index contributed by atoms with van der Waals surface area (Å²) in [6.07, 6.45) is 1.66. The summed E-state index contributed by atoms with van der Waals surface area (Å²) in [4.78, 5) is 31.7. The number of aromatic nitrogens is 1. The van der Waals surface area contributed by atoms with Gasteiger partial charge in [0, 0.05) is 13.0 Å². The summed E-state index contributed by atoms with van der Waals surface area (Å²) < 4.78 is 10.6. The van der Waals surface area contributed by atoms with Gasteiger partial charge < -0.3 is 14.1 Å². The summed E-state index contributed by atoms with van der Waals surface area (Å²) in [5.74, 6) is 0.113. The number of hydrogen-bond donors (Lipinski definition) is 0. The molecule has 7 heteroatoms. The Balaban J connectivity index is 1.77. The zero-order valence-corrected chi connectivity index (χ0v) is 13.9. The van der Waals surface area contributed by atoms with Crippen LogP contribution < -0.4 is 0 Å². The Hall–Kier alpha value is -1.99. The van der Waals surface area contributed by atoms with Crippen molar-refractivity contribution < 1.29 is 18.7 Å². The van der Waals surface area contributed by atoms with Gasteiger partial charge in [0.1, 0.15) is 4.88 Å². The Kier molecular flexibility index (Phi) is 4.58. The van der Waals surface area contributed by atoms with E-state index in [0.29, 0.717) is 30.4 Å². The Morgan fingerprint density at radius 1 is 1.43 bits per heavy atom. The van der Waals surface area contributed by atoms with Crippen LogP contribution in [0.1, 0.15) is 37.3 Å². The van der Waals surface area contributed by atoms with Gasteiger partial charge in [-0.2, -0.15) is 0 Å². The lowest BCUT2D eigenvalue weighted by molar-refractivity contribution is -0.00282. The highest BCUT2D eigenvalue weighted by Crippen LogP contribution is 2.23. The number of carbonyl (C=O) groups excluding carboxylic acids is 2. The molecule has 1 amide bonds. The van der Waals surface area contributed by atoms with Crippen LogP contribution in [0.4, 0.5) is 0 Å². The predicted octanol–water partition coefficient (Wildman–Crippen LogP) is 2.47. The first-order valence-corrected chi connectivity index (χ1v) is 8.27. The third-order valence-electron chi connectivity index (χ3n) is 3.80. The van der Waals surface area contributed by atoms with E-state index in [-0.39, 0.29) is 24.2 Å². The second-order valence-electron chi connectivity index (χ2n) is 5.48. The molecule has 6 nitrogen and oxygen atoms in total. The number of carbonyl (C=O) groups is 2. The van der Waals surface area contributed by atoms with Crippen molar-refractivity contribution >= 4 is 23.0 Å². The quantitative estimate of drug-likeness (QED) is 0.803. The molecule has 3 rings (SSSR count). The number of ketones is 1. The highest BCUT2D eigenvalue weighted by atomic mass is 32.1. The first-order chi connectivity index (χ1) is 11.1. The number of thiazole rings is 1. The molecule has 0 N–H and O–H groups in total. The Bertz CT molecular complexity index is 708. The van der Waals surface area contributed by atoms with Crippen LogP contribution >= 0.6 is 11.3 Å². The van der Waals surface area contributed by atoms with E-state index in [0.717, 1.165) is 10.7 Å². The van der Waals surface area contributed by atoms with Crippen molar-refractivity contribution in [3.8, 4) is 0 Å². The number of rotatable bonds is 4. The lowest BCUT2D eigenvalue weighted by Crippen LogP contribution is -2.49. The van der Waals surface area contributed by atoms with E-state index < -0.39 is 0 Å². The Labute approximate surface area is 138 Å². The molecule has 1 saturated heterocycles. The van der Waals surface area contributed by atoms with E-state index in [1.54, 1.807) is 17.0 Å². The molecule has 23 heavy (non-hydrogen) atoms. The Morgan fingerprint density at radius 2 is 2.26 bits per heavy atom. The van der Waals surface area contributed by atoms with Crippen molar-refractivity contribution in [1.82, 2.24) is 9.88 Å². The zero-order chi connectivity index (χ0) is 16.4. The van der Waals surface area contributed by atoms with Gasteiger partial charge in [-0.25, -0.2) is 4.98 Å². The van der Waals surface area contributed by atoms with Crippen molar-refractivity contribution in [2.75, 3.05) is 19.8 Å². The van der Waals surface area contributed by atoms with E-state index in [1.807, 2.05) is 13.8 Å². The van der Waals surface area contributed by atoms with Gasteiger partial charge in [-0.05, 0) is 26.0 Å². The van der Waals surface area contributed by atoms with Gasteiger partial charge in [0.15, 0.2) is 11.5 Å². The Morgan fingerprint density at radius 3 is 2.91 bits per heavy atom. The van der Waals surface area contributed by atoms with Gasteiger partial charge in [0.25, 0.3) is 5.91 Å². The van der Waals surface area contributed by atoms with E-state index in [4.69, 9.17) is 9.15 Å². The summed E-state index contributed by atoms with van der Waals surface area (Å²) in [6, 6.07) is 3.03. The molecule has 2 aromatic rings. The monoisotopic (exact) mass is 334 g/mol. The molecule has 0 unspecified atom stereocenters. The van der Waals surface area contributed by atoms with Gasteiger partial charge in [-0.1, -0.05) is 0 Å². The largest absolute Gasteiger partial charge is 0.461 e. The minimum Gasteiger partial charge on any atom is -0.461 e. The molecule has 0 radical (unpaired) electrons. The first-order valence-electron chi connectivity index (χ1n) is 7.45. The number of Topliss-reactive ketones (excluding diaryl/α,β-unsaturated/α-hetero) is 1. The first kappa shape index (κ1) is 15.9. The van der Waals surface area contributed by atoms with Crippen LogP contribution in [0.2, 0.25) is 0 Å². The fourth-order valence-corrected chi connectivity index (χ4v) is 3.58. The molecule has 3 heterocycles. The second-order valence-corrected chi connectivity index (χ2v) is 6.68. The molecule has 2 aromatic heterocycles. The van der Waals surface area contributed by atoms with Crippen molar-refractivity contribution in [1.29, 1.82) is 0 Å². The molecule has 1 atom stereocenters. The van der Waals surface area contributed by atoms with E-state index in [1.165, 1.54) is 17.6 Å². The normalized spacial score (nSPS) is 18.2. The predicted molar refractivity (Wildman–Crippen MR) is 84.9 cm³/mol. The van der Waals surface area contributed by atoms with Gasteiger partial charge in [-0.15, -0.1) is 11.3 Å². The molecule has 0 aromatic carbocycles. The topological polar surface area (TPSA) is 72.6 Å². The minimum atomic E-state index is -0.282. The maximum absolute atomic E-state index is 12.8. The fraction of sp³-hybridized carbons (Fsp3) is 0.438. The molecule has 0 spiro atoms. The molecule has 1 aliphatic heterocycles. The molecular formula is C16H18N2O4S. The van der Waals surface area contributed by atoms with Crippen molar-refractivity contribution in [3.63, 3.8) is 0 Å². The number of aryl methyl sites for hydroxylation is 2. The molecule has 0 bridgehead atoms. The smallest absolute Gasteiger partial charge is 0.266 e. The highest BCUT2D eigenvalue weighted by Gasteiger charge is 2.32. The average Bonchev–Trinajstić information content (AvgIpc) is 3.17. The maximum atomic E-state index is 12.8. The van der Waals surface area contributed by atoms with Crippen LogP contribution in [-0.2, 0) is 4.74 Å². The fourth-order valence-electron chi connectivity index (χ4n) is 2.70. The molecule has 1 fully saturated rings. The average molecular weight is 334 g/mol. The van der Waals surface area contributed by atoms with Gasteiger partial charge in [-0.3, -0.25) is 9.59 Å². The van der Waals surface area contributed by atoms with E-state index in [2.05, 4.69) is 4.98 Å². The second kappa shape index (κ2) is 6.64. The number of ether oxygens (including phenoxy) is 1. The van der Waals surface area contributed by atoms with E-state index in [9.17, 15) is 9.59 Å². The summed E-state index contributed by atoms with van der Waals surface area (Å²) >= 11 is 1.39. The van der Waals surface area contributed by atoms with Crippen LogP contribution in [0.5, 0.6) is 0 Å². The van der Waals surface area contributed by atoms with Crippen molar-refractivity contribution in [3.05, 3.63) is 39.7 Å². The summed E-state index contributed by atoms with van der Waals surface area (Å²) in [5.41, 5.74) is 0.736. The number of hydrogen-bond acceptors (Lipinski definition) is 6. The highest BCUT2D eigenvalue weighted by molar-refractivity contribution is 7.13. The van der Waals surface area contributed by atoms with Crippen molar-refractivity contribution in [2.45, 2.75) is 26.3 Å². The minimum absolute atomic E-state index is 0.0753. The lowest BCUT2D eigenvalue weighted by atomic mass is 10.1. The molecular weight excluding hydrogens is 316 g/mol. The molecule has 0 aliphatic carbocycles. The molecule has 122 valence electrons.